The van der Waals surface area contributed by atoms with E-state index in [1.54, 1.807) is 32.3 Å². The van der Waals surface area contributed by atoms with Crippen molar-refractivity contribution >= 4 is 34.9 Å². The number of benzene rings is 2. The summed E-state index contributed by atoms with van der Waals surface area (Å²) < 4.78 is 5.76. The fourth-order valence-corrected chi connectivity index (χ4v) is 3.07. The highest BCUT2D eigenvalue weighted by atomic mass is 35.5. The number of halogens is 1. The van der Waals surface area contributed by atoms with Gasteiger partial charge < -0.3 is 15.0 Å². The molecule has 1 aliphatic rings. The monoisotopic (exact) mass is 439 g/mol. The van der Waals surface area contributed by atoms with Crippen LogP contribution in [0.3, 0.4) is 0 Å². The number of ether oxygens (including phenoxy) is 1. The van der Waals surface area contributed by atoms with Gasteiger partial charge in [-0.05, 0) is 66.8 Å². The lowest BCUT2D eigenvalue weighted by Gasteiger charge is -2.14. The van der Waals surface area contributed by atoms with Crippen LogP contribution in [0.4, 0.5) is 0 Å². The number of carbonyl (C=O) groups is 2. The van der Waals surface area contributed by atoms with Crippen LogP contribution in [0.2, 0.25) is 5.02 Å². The van der Waals surface area contributed by atoms with Crippen molar-refractivity contribution in [2.75, 3.05) is 20.7 Å². The fourth-order valence-electron chi connectivity index (χ4n) is 2.86. The van der Waals surface area contributed by atoms with E-state index in [1.165, 1.54) is 24.7 Å². The summed E-state index contributed by atoms with van der Waals surface area (Å²) in [6, 6.07) is 12.3. The summed E-state index contributed by atoms with van der Waals surface area (Å²) in [7, 11) is 3.33. The minimum absolute atomic E-state index is 0.180. The van der Waals surface area contributed by atoms with Gasteiger partial charge in [0.15, 0.2) is 0 Å². The highest BCUT2D eigenvalue weighted by molar-refractivity contribution is 6.35. The summed E-state index contributed by atoms with van der Waals surface area (Å²) in [6.45, 7) is 6.15. The van der Waals surface area contributed by atoms with Crippen molar-refractivity contribution in [3.63, 3.8) is 0 Å². The van der Waals surface area contributed by atoms with Gasteiger partial charge in [-0.15, -0.1) is 0 Å². The zero-order valence-corrected chi connectivity index (χ0v) is 18.7. The molecule has 31 heavy (non-hydrogen) atoms. The maximum Gasteiger partial charge on any atom is 0.253 e. The summed E-state index contributed by atoms with van der Waals surface area (Å²) >= 11 is 6.37. The number of hydrogen-bond acceptors (Lipinski definition) is 4. The number of nitrogens with zero attached hydrogens (tertiary/aromatic N) is 2. The molecule has 1 N–H and O–H groups in total. The highest BCUT2D eigenvalue weighted by Gasteiger charge is 2.22. The zero-order valence-electron chi connectivity index (χ0n) is 17.9. The lowest BCUT2D eigenvalue weighted by atomic mass is 10.1. The zero-order chi connectivity index (χ0) is 22.5. The summed E-state index contributed by atoms with van der Waals surface area (Å²) in [5.41, 5.74) is 2.09. The first kappa shape index (κ1) is 22.6. The summed E-state index contributed by atoms with van der Waals surface area (Å²) in [5.74, 6) is 1.22. The van der Waals surface area contributed by atoms with Gasteiger partial charge in [-0.2, -0.15) is 0 Å². The molecule has 3 rings (SSSR count). The second-order valence-corrected chi connectivity index (χ2v) is 8.17. The van der Waals surface area contributed by atoms with Crippen LogP contribution in [-0.2, 0) is 4.79 Å². The quantitative estimate of drug-likeness (QED) is 0.514. The summed E-state index contributed by atoms with van der Waals surface area (Å²) in [5, 5.41) is 3.06. The van der Waals surface area contributed by atoms with Crippen molar-refractivity contribution in [2.45, 2.75) is 19.8 Å². The Bertz CT molecular complexity index is 1020. The van der Waals surface area contributed by atoms with Gasteiger partial charge >= 0.3 is 0 Å². The number of amidine groups is 1. The molecule has 2 aromatic rings. The molecule has 0 atom stereocenters. The average Bonchev–Trinajstić information content (AvgIpc) is 3.56. The van der Waals surface area contributed by atoms with Crippen LogP contribution in [0.1, 0.15) is 41.3 Å². The largest absolute Gasteiger partial charge is 0.493 e. The van der Waals surface area contributed by atoms with Gasteiger partial charge in [0.25, 0.3) is 5.91 Å². The lowest BCUT2D eigenvalue weighted by Crippen LogP contribution is -2.30. The van der Waals surface area contributed by atoms with Crippen LogP contribution in [0.5, 0.6) is 5.75 Å². The molecule has 0 aliphatic heterocycles. The minimum Gasteiger partial charge on any atom is -0.493 e. The molecule has 2 amide bonds. The SMILES string of the molecule is C=C(/N=C(\NC(C)=O)c1cc(C(=O)N(C)C)ccc1Cl)c1ccc(OCC2CC2)cc1. The maximum atomic E-state index is 12.4. The van der Waals surface area contributed by atoms with Crippen molar-refractivity contribution < 1.29 is 14.3 Å². The molecule has 0 radical (unpaired) electrons. The van der Waals surface area contributed by atoms with Crippen LogP contribution in [-0.4, -0.2) is 43.3 Å². The first-order valence-electron chi connectivity index (χ1n) is 10.0. The Balaban J connectivity index is 1.87. The van der Waals surface area contributed by atoms with Crippen molar-refractivity contribution in [3.8, 4) is 5.75 Å². The van der Waals surface area contributed by atoms with E-state index in [9.17, 15) is 9.59 Å². The Kier molecular flexibility index (Phi) is 7.13. The Labute approximate surface area is 187 Å². The third-order valence-electron chi connectivity index (χ3n) is 4.79. The Hall–Kier alpha value is -3.12. The van der Waals surface area contributed by atoms with Gasteiger partial charge in [0.1, 0.15) is 11.6 Å². The number of rotatable bonds is 7. The van der Waals surface area contributed by atoms with Gasteiger partial charge in [-0.1, -0.05) is 18.2 Å². The molecule has 0 saturated heterocycles. The molecule has 0 spiro atoms. The highest BCUT2D eigenvalue weighted by Crippen LogP contribution is 2.30. The number of nitrogens with one attached hydrogen (secondary N) is 1. The number of aliphatic imine (C=N–C) groups is 1. The van der Waals surface area contributed by atoms with Crippen LogP contribution in [0.25, 0.3) is 5.70 Å². The molecule has 0 aromatic heterocycles. The second-order valence-electron chi connectivity index (χ2n) is 7.76. The van der Waals surface area contributed by atoms with Gasteiger partial charge in [0.05, 0.1) is 17.3 Å². The van der Waals surface area contributed by atoms with Crippen molar-refractivity contribution in [2.24, 2.45) is 10.9 Å². The smallest absolute Gasteiger partial charge is 0.253 e. The Morgan fingerprint density at radius 1 is 1.16 bits per heavy atom. The molecule has 6 nitrogen and oxygen atoms in total. The van der Waals surface area contributed by atoms with Crippen LogP contribution < -0.4 is 10.1 Å². The van der Waals surface area contributed by atoms with Gasteiger partial charge in [0.2, 0.25) is 5.91 Å². The molecular weight excluding hydrogens is 414 g/mol. The molecule has 1 aliphatic carbocycles. The van der Waals surface area contributed by atoms with E-state index in [0.29, 0.717) is 27.8 Å². The van der Waals surface area contributed by atoms with E-state index < -0.39 is 0 Å². The van der Waals surface area contributed by atoms with Crippen LogP contribution in [0.15, 0.2) is 54.0 Å². The van der Waals surface area contributed by atoms with Crippen LogP contribution in [0, 0.1) is 5.92 Å². The number of carbonyl (C=O) groups excluding carboxylic acids is 2. The molecule has 0 unspecified atom stereocenters. The molecule has 0 bridgehead atoms. The fraction of sp³-hybridized carbons (Fsp3) is 0.292. The van der Waals surface area contributed by atoms with Crippen molar-refractivity contribution in [3.05, 3.63) is 70.8 Å². The average molecular weight is 440 g/mol. The predicted octanol–water partition coefficient (Wildman–Crippen LogP) is 4.38. The Morgan fingerprint density at radius 3 is 2.39 bits per heavy atom. The molecule has 1 fully saturated rings. The van der Waals surface area contributed by atoms with Crippen LogP contribution >= 0.6 is 11.6 Å². The van der Waals surface area contributed by atoms with Crippen molar-refractivity contribution in [1.82, 2.24) is 10.2 Å². The maximum absolute atomic E-state index is 12.4. The van der Waals surface area contributed by atoms with E-state index in [2.05, 4.69) is 16.9 Å². The van der Waals surface area contributed by atoms with E-state index in [1.807, 2.05) is 24.3 Å². The first-order valence-corrected chi connectivity index (χ1v) is 10.4. The molecule has 2 aromatic carbocycles. The second kappa shape index (κ2) is 9.79. The standard InChI is InChI=1S/C24H26ClN3O3/c1-15(18-7-10-20(11-8-18)31-14-17-5-6-17)26-23(27-16(2)29)21-13-19(9-12-22(21)25)24(30)28(3)4/h7-13,17H,1,5-6,14H2,2-4H3,(H,26,27,29). The lowest BCUT2D eigenvalue weighted by molar-refractivity contribution is -0.117. The van der Waals surface area contributed by atoms with Gasteiger partial charge in [0, 0.05) is 32.1 Å². The normalized spacial score (nSPS) is 13.5. The topological polar surface area (TPSA) is 71.0 Å². The van der Waals surface area contributed by atoms with Gasteiger partial charge in [-0.3, -0.25) is 9.59 Å². The third kappa shape index (κ3) is 6.18. The van der Waals surface area contributed by atoms with E-state index in [-0.39, 0.29) is 17.6 Å². The molecule has 7 heteroatoms. The molecule has 162 valence electrons. The summed E-state index contributed by atoms with van der Waals surface area (Å²) in [6.07, 6.45) is 2.47. The van der Waals surface area contributed by atoms with E-state index in [4.69, 9.17) is 16.3 Å². The number of amides is 2. The van der Waals surface area contributed by atoms with Gasteiger partial charge in [-0.25, -0.2) is 4.99 Å². The summed E-state index contributed by atoms with van der Waals surface area (Å²) in [4.78, 5) is 30.1. The number of hydrogen-bond donors (Lipinski definition) is 1. The first-order chi connectivity index (χ1) is 14.7. The molecular formula is C24H26ClN3O3. The molecule has 0 heterocycles. The van der Waals surface area contributed by atoms with E-state index in [0.717, 1.165) is 17.9 Å². The van der Waals surface area contributed by atoms with Crippen molar-refractivity contribution in [1.29, 1.82) is 0 Å². The third-order valence-corrected chi connectivity index (χ3v) is 5.12. The molecule has 1 saturated carbocycles. The minimum atomic E-state index is -0.309. The Morgan fingerprint density at radius 2 is 1.81 bits per heavy atom. The predicted molar refractivity (Wildman–Crippen MR) is 124 cm³/mol. The van der Waals surface area contributed by atoms with E-state index >= 15 is 0 Å².